The summed E-state index contributed by atoms with van der Waals surface area (Å²) in [4.78, 5) is 23.8. The molecule has 1 N–H and O–H groups in total. The zero-order valence-electron chi connectivity index (χ0n) is 11.6. The standard InChI is InChI=1S/C13H23NO3/c1-11(2,3)9(15)13(7-8-13)14-10(16)17-12(4,5)6/h7-8H2,1-6H3,(H,14,16). The Hall–Kier alpha value is -1.06. The van der Waals surface area contributed by atoms with Crippen LogP contribution in [0.5, 0.6) is 0 Å². The second-order valence-electron chi connectivity index (χ2n) is 6.79. The van der Waals surface area contributed by atoms with Crippen molar-refractivity contribution in [3.05, 3.63) is 0 Å². The quantitative estimate of drug-likeness (QED) is 0.808. The summed E-state index contributed by atoms with van der Waals surface area (Å²) < 4.78 is 5.17. The Morgan fingerprint density at radius 2 is 1.53 bits per heavy atom. The van der Waals surface area contributed by atoms with Crippen LogP contribution in [0.1, 0.15) is 54.4 Å². The Morgan fingerprint density at radius 3 is 1.82 bits per heavy atom. The van der Waals surface area contributed by atoms with Gasteiger partial charge in [-0.15, -0.1) is 0 Å². The molecule has 98 valence electrons. The first-order valence-corrected chi connectivity index (χ1v) is 6.02. The number of rotatable bonds is 2. The van der Waals surface area contributed by atoms with Gasteiger partial charge in [0.1, 0.15) is 11.1 Å². The molecule has 0 aliphatic heterocycles. The molecule has 0 aromatic heterocycles. The first kappa shape index (κ1) is 14.0. The van der Waals surface area contributed by atoms with E-state index in [-0.39, 0.29) is 5.78 Å². The molecule has 4 nitrogen and oxygen atoms in total. The number of nitrogens with one attached hydrogen (secondary N) is 1. The average Bonchev–Trinajstić information content (AvgIpc) is 2.78. The first-order chi connectivity index (χ1) is 7.46. The SMILES string of the molecule is CC(C)(C)OC(=O)NC1(C(=O)C(C)(C)C)CC1. The molecule has 0 heterocycles. The van der Waals surface area contributed by atoms with Crippen LogP contribution in [-0.2, 0) is 9.53 Å². The molecular formula is C13H23NO3. The summed E-state index contributed by atoms with van der Waals surface area (Å²) >= 11 is 0. The van der Waals surface area contributed by atoms with Gasteiger partial charge in [0.15, 0.2) is 5.78 Å². The van der Waals surface area contributed by atoms with Crippen LogP contribution in [0, 0.1) is 5.41 Å². The summed E-state index contributed by atoms with van der Waals surface area (Å²) in [5, 5.41) is 2.72. The van der Waals surface area contributed by atoms with Crippen molar-refractivity contribution in [3.63, 3.8) is 0 Å². The topological polar surface area (TPSA) is 55.4 Å². The van der Waals surface area contributed by atoms with E-state index in [0.717, 1.165) is 0 Å². The summed E-state index contributed by atoms with van der Waals surface area (Å²) in [7, 11) is 0. The lowest BCUT2D eigenvalue weighted by molar-refractivity contribution is -0.129. The predicted molar refractivity (Wildman–Crippen MR) is 65.8 cm³/mol. The summed E-state index contributed by atoms with van der Waals surface area (Å²) in [6.45, 7) is 11.0. The highest BCUT2D eigenvalue weighted by Crippen LogP contribution is 2.41. The van der Waals surface area contributed by atoms with Crippen molar-refractivity contribution in [1.29, 1.82) is 0 Å². The lowest BCUT2D eigenvalue weighted by Crippen LogP contribution is -2.49. The van der Waals surface area contributed by atoms with Crippen LogP contribution in [0.25, 0.3) is 0 Å². The van der Waals surface area contributed by atoms with E-state index in [4.69, 9.17) is 4.74 Å². The van der Waals surface area contributed by atoms with Crippen molar-refractivity contribution in [1.82, 2.24) is 5.32 Å². The number of hydrogen-bond donors (Lipinski definition) is 1. The van der Waals surface area contributed by atoms with Gasteiger partial charge in [0.25, 0.3) is 0 Å². The molecule has 0 radical (unpaired) electrons. The minimum Gasteiger partial charge on any atom is -0.444 e. The Bertz CT molecular complexity index is 330. The van der Waals surface area contributed by atoms with Gasteiger partial charge in [0.05, 0.1) is 0 Å². The number of Topliss-reactive ketones (excluding diaryl/α,β-unsaturated/α-hetero) is 1. The van der Waals surface area contributed by atoms with Gasteiger partial charge >= 0.3 is 6.09 Å². The molecule has 1 rings (SSSR count). The summed E-state index contributed by atoms with van der Waals surface area (Å²) in [5.41, 5.74) is -1.66. The van der Waals surface area contributed by atoms with Gasteiger partial charge < -0.3 is 10.1 Å². The van der Waals surface area contributed by atoms with E-state index in [9.17, 15) is 9.59 Å². The molecule has 0 saturated heterocycles. The predicted octanol–water partition coefficient (Wildman–Crippen LogP) is 2.66. The number of ether oxygens (including phenoxy) is 1. The lowest BCUT2D eigenvalue weighted by Gasteiger charge is -2.27. The monoisotopic (exact) mass is 241 g/mol. The van der Waals surface area contributed by atoms with Gasteiger partial charge in [-0.05, 0) is 33.6 Å². The second-order valence-corrected chi connectivity index (χ2v) is 6.79. The summed E-state index contributed by atoms with van der Waals surface area (Å²) in [6.07, 6.45) is 0.914. The van der Waals surface area contributed by atoms with E-state index in [0.29, 0.717) is 12.8 Å². The average molecular weight is 241 g/mol. The first-order valence-electron chi connectivity index (χ1n) is 6.02. The number of hydrogen-bond acceptors (Lipinski definition) is 3. The molecule has 17 heavy (non-hydrogen) atoms. The Balaban J connectivity index is 2.63. The van der Waals surface area contributed by atoms with Crippen molar-refractivity contribution in [3.8, 4) is 0 Å². The zero-order chi connectivity index (χ0) is 13.5. The minimum atomic E-state index is -0.680. The normalized spacial score (nSPS) is 18.5. The van der Waals surface area contributed by atoms with Gasteiger partial charge in [-0.2, -0.15) is 0 Å². The van der Waals surface area contributed by atoms with Crippen LogP contribution in [0.15, 0.2) is 0 Å². The van der Waals surface area contributed by atoms with Crippen LogP contribution >= 0.6 is 0 Å². The maximum atomic E-state index is 12.2. The minimum absolute atomic E-state index is 0.0795. The molecule has 1 aliphatic rings. The molecule has 0 spiro atoms. The van der Waals surface area contributed by atoms with Crippen LogP contribution < -0.4 is 5.32 Å². The van der Waals surface area contributed by atoms with Gasteiger partial charge in [-0.1, -0.05) is 20.8 Å². The third-order valence-electron chi connectivity index (χ3n) is 2.61. The number of amides is 1. The van der Waals surface area contributed by atoms with Crippen molar-refractivity contribution in [2.45, 2.75) is 65.5 Å². The lowest BCUT2D eigenvalue weighted by atomic mass is 9.85. The van der Waals surface area contributed by atoms with Crippen molar-refractivity contribution in [2.24, 2.45) is 5.41 Å². The van der Waals surface area contributed by atoms with Crippen molar-refractivity contribution >= 4 is 11.9 Å². The highest BCUT2D eigenvalue weighted by Gasteiger charge is 2.54. The van der Waals surface area contributed by atoms with Gasteiger partial charge in [0.2, 0.25) is 0 Å². The van der Waals surface area contributed by atoms with E-state index in [1.807, 2.05) is 20.8 Å². The molecule has 0 aromatic rings. The molecule has 1 aliphatic carbocycles. The van der Waals surface area contributed by atoms with E-state index in [2.05, 4.69) is 5.32 Å². The molecule has 1 amide bonds. The van der Waals surface area contributed by atoms with Gasteiger partial charge in [-0.3, -0.25) is 4.79 Å². The van der Waals surface area contributed by atoms with Crippen molar-refractivity contribution < 1.29 is 14.3 Å². The maximum absolute atomic E-state index is 12.2. The molecule has 0 unspecified atom stereocenters. The Kier molecular flexibility index (Phi) is 3.29. The number of carbonyl (C=O) groups is 2. The molecular weight excluding hydrogens is 218 g/mol. The zero-order valence-corrected chi connectivity index (χ0v) is 11.6. The fourth-order valence-corrected chi connectivity index (χ4v) is 1.75. The van der Waals surface area contributed by atoms with Crippen LogP contribution in [0.2, 0.25) is 0 Å². The van der Waals surface area contributed by atoms with E-state index in [1.54, 1.807) is 20.8 Å². The molecule has 0 bridgehead atoms. The van der Waals surface area contributed by atoms with Gasteiger partial charge in [0, 0.05) is 5.41 Å². The Labute approximate surface area is 103 Å². The van der Waals surface area contributed by atoms with Crippen LogP contribution in [-0.4, -0.2) is 23.0 Å². The fraction of sp³-hybridized carbons (Fsp3) is 0.846. The van der Waals surface area contributed by atoms with Crippen molar-refractivity contribution in [2.75, 3.05) is 0 Å². The number of alkyl carbamates (subject to hydrolysis) is 1. The maximum Gasteiger partial charge on any atom is 0.408 e. The molecule has 1 saturated carbocycles. The third kappa shape index (κ3) is 3.72. The largest absolute Gasteiger partial charge is 0.444 e. The summed E-state index contributed by atoms with van der Waals surface area (Å²) in [6, 6.07) is 0. The smallest absolute Gasteiger partial charge is 0.408 e. The highest BCUT2D eigenvalue weighted by molar-refractivity contribution is 5.97. The Morgan fingerprint density at radius 1 is 1.06 bits per heavy atom. The fourth-order valence-electron chi connectivity index (χ4n) is 1.75. The van der Waals surface area contributed by atoms with Gasteiger partial charge in [-0.25, -0.2) is 4.79 Å². The molecule has 0 atom stereocenters. The number of carbonyl (C=O) groups excluding carboxylic acids is 2. The molecule has 1 fully saturated rings. The van der Waals surface area contributed by atoms with E-state index < -0.39 is 22.6 Å². The summed E-state index contributed by atoms with van der Waals surface area (Å²) in [5.74, 6) is 0.0795. The second kappa shape index (κ2) is 4.00. The molecule has 0 aromatic carbocycles. The van der Waals surface area contributed by atoms with E-state index in [1.165, 1.54) is 0 Å². The number of ketones is 1. The van der Waals surface area contributed by atoms with Crippen LogP contribution in [0.4, 0.5) is 4.79 Å². The molecule has 4 heteroatoms. The highest BCUT2D eigenvalue weighted by atomic mass is 16.6. The van der Waals surface area contributed by atoms with E-state index >= 15 is 0 Å². The third-order valence-corrected chi connectivity index (χ3v) is 2.61. The van der Waals surface area contributed by atoms with Crippen LogP contribution in [0.3, 0.4) is 0 Å².